The van der Waals surface area contributed by atoms with Crippen LogP contribution in [0.2, 0.25) is 0 Å². The summed E-state index contributed by atoms with van der Waals surface area (Å²) >= 11 is 3.37. The van der Waals surface area contributed by atoms with Gasteiger partial charge in [0.05, 0.1) is 16.0 Å². The molecular formula is C19H20BrFN2O3S. The molecule has 1 saturated carbocycles. The lowest BCUT2D eigenvalue weighted by Gasteiger charge is -2.19. The second-order valence-corrected chi connectivity index (χ2v) is 9.59. The molecule has 2 aromatic rings. The highest BCUT2D eigenvalue weighted by Gasteiger charge is 2.46. The molecule has 3 rings (SSSR count). The van der Waals surface area contributed by atoms with Gasteiger partial charge in [0.15, 0.2) is 0 Å². The van der Waals surface area contributed by atoms with Crippen LogP contribution in [0.25, 0.3) is 0 Å². The van der Waals surface area contributed by atoms with E-state index < -0.39 is 27.3 Å². The van der Waals surface area contributed by atoms with Crippen molar-refractivity contribution in [2.75, 3.05) is 0 Å². The predicted molar refractivity (Wildman–Crippen MR) is 104 cm³/mol. The van der Waals surface area contributed by atoms with Crippen LogP contribution in [-0.4, -0.2) is 20.4 Å². The number of rotatable bonds is 6. The van der Waals surface area contributed by atoms with Gasteiger partial charge in [0.1, 0.15) is 5.82 Å². The van der Waals surface area contributed by atoms with Crippen LogP contribution in [0.15, 0.2) is 51.8 Å². The minimum absolute atomic E-state index is 0.142. The molecule has 0 heterocycles. The van der Waals surface area contributed by atoms with E-state index in [2.05, 4.69) is 26.0 Å². The molecule has 2 N–H and O–H groups in total. The summed E-state index contributed by atoms with van der Waals surface area (Å²) in [5.74, 6) is -1.39. The monoisotopic (exact) mass is 454 g/mol. The topological polar surface area (TPSA) is 75.3 Å². The van der Waals surface area contributed by atoms with Gasteiger partial charge in [0, 0.05) is 10.5 Å². The van der Waals surface area contributed by atoms with Crippen LogP contribution in [0.1, 0.15) is 42.6 Å². The first-order valence-electron chi connectivity index (χ1n) is 8.53. The molecule has 0 atom stereocenters. The Morgan fingerprint density at radius 1 is 1.15 bits per heavy atom. The first-order chi connectivity index (χ1) is 12.6. The Morgan fingerprint density at radius 2 is 1.78 bits per heavy atom. The Labute approximate surface area is 166 Å². The van der Waals surface area contributed by atoms with Gasteiger partial charge in [-0.2, -0.15) is 0 Å². The fourth-order valence-corrected chi connectivity index (χ4v) is 4.43. The van der Waals surface area contributed by atoms with Crippen LogP contribution < -0.4 is 10.0 Å². The van der Waals surface area contributed by atoms with Crippen LogP contribution in [0.3, 0.4) is 0 Å². The fourth-order valence-electron chi connectivity index (χ4n) is 2.89. The maximum atomic E-state index is 14.2. The molecule has 0 spiro atoms. The van der Waals surface area contributed by atoms with Gasteiger partial charge in [-0.25, -0.2) is 17.5 Å². The minimum Gasteiger partial charge on any atom is -0.342 e. The lowest BCUT2D eigenvalue weighted by molar-refractivity contribution is 0.0926. The fraction of sp³-hybridized carbons (Fsp3) is 0.316. The van der Waals surface area contributed by atoms with Gasteiger partial charge in [0.25, 0.3) is 5.91 Å². The van der Waals surface area contributed by atoms with Crippen molar-refractivity contribution in [1.29, 1.82) is 0 Å². The summed E-state index contributed by atoms with van der Waals surface area (Å²) in [7, 11) is -3.82. The Morgan fingerprint density at radius 3 is 2.33 bits per heavy atom. The molecule has 0 bridgehead atoms. The van der Waals surface area contributed by atoms with E-state index in [4.69, 9.17) is 0 Å². The van der Waals surface area contributed by atoms with Crippen LogP contribution in [0.4, 0.5) is 4.39 Å². The smallest absolute Gasteiger partial charge is 0.254 e. The highest BCUT2D eigenvalue weighted by molar-refractivity contribution is 9.10. The average molecular weight is 455 g/mol. The quantitative estimate of drug-likeness (QED) is 0.698. The lowest BCUT2D eigenvalue weighted by Crippen LogP contribution is -2.35. The molecule has 27 heavy (non-hydrogen) atoms. The Bertz CT molecular complexity index is 971. The standard InChI is InChI=1S/C19H20BrFN2O3S/c1-12(2)23-27(25,26)15-7-8-17(21)16(11-15)18(24)22-19(9-10-19)13-3-5-14(20)6-4-13/h3-8,11-12,23H,9-10H2,1-2H3,(H,22,24). The normalized spacial score (nSPS) is 15.6. The molecule has 0 unspecified atom stereocenters. The summed E-state index contributed by atoms with van der Waals surface area (Å²) in [4.78, 5) is 12.5. The largest absolute Gasteiger partial charge is 0.342 e. The number of nitrogens with one attached hydrogen (secondary N) is 2. The summed E-state index contributed by atoms with van der Waals surface area (Å²) in [6.45, 7) is 3.37. The van der Waals surface area contributed by atoms with Crippen molar-refractivity contribution >= 4 is 31.9 Å². The summed E-state index contributed by atoms with van der Waals surface area (Å²) in [5, 5.41) is 2.87. The van der Waals surface area contributed by atoms with E-state index in [1.54, 1.807) is 13.8 Å². The maximum absolute atomic E-state index is 14.2. The van der Waals surface area contributed by atoms with E-state index in [0.717, 1.165) is 41.1 Å². The average Bonchev–Trinajstić information content (AvgIpc) is 3.35. The van der Waals surface area contributed by atoms with Crippen molar-refractivity contribution in [1.82, 2.24) is 10.0 Å². The molecule has 1 fully saturated rings. The van der Waals surface area contributed by atoms with Crippen molar-refractivity contribution in [3.05, 3.63) is 63.9 Å². The van der Waals surface area contributed by atoms with Crippen molar-refractivity contribution in [3.63, 3.8) is 0 Å². The van der Waals surface area contributed by atoms with E-state index in [1.165, 1.54) is 0 Å². The molecule has 8 heteroatoms. The second kappa shape index (κ2) is 7.33. The molecule has 1 amide bonds. The van der Waals surface area contributed by atoms with Crippen LogP contribution in [-0.2, 0) is 15.6 Å². The van der Waals surface area contributed by atoms with Crippen LogP contribution in [0, 0.1) is 5.82 Å². The Kier molecular flexibility index (Phi) is 5.42. The maximum Gasteiger partial charge on any atom is 0.254 e. The third kappa shape index (κ3) is 4.39. The minimum atomic E-state index is -3.82. The van der Waals surface area contributed by atoms with Gasteiger partial charge >= 0.3 is 0 Å². The Balaban J connectivity index is 1.87. The molecule has 1 aliphatic carbocycles. The number of amides is 1. The van der Waals surface area contributed by atoms with E-state index >= 15 is 0 Å². The van der Waals surface area contributed by atoms with E-state index in [1.807, 2.05) is 24.3 Å². The lowest BCUT2D eigenvalue weighted by atomic mass is 10.0. The zero-order valence-electron chi connectivity index (χ0n) is 14.9. The first-order valence-corrected chi connectivity index (χ1v) is 10.8. The van der Waals surface area contributed by atoms with Crippen molar-refractivity contribution in [2.45, 2.75) is 43.2 Å². The molecule has 2 aromatic carbocycles. The van der Waals surface area contributed by atoms with Gasteiger partial charge < -0.3 is 5.32 Å². The number of halogens is 2. The van der Waals surface area contributed by atoms with Gasteiger partial charge in [-0.1, -0.05) is 28.1 Å². The zero-order chi connectivity index (χ0) is 19.8. The van der Waals surface area contributed by atoms with Crippen molar-refractivity contribution in [2.24, 2.45) is 0 Å². The number of benzene rings is 2. The third-order valence-corrected chi connectivity index (χ3v) is 6.57. The zero-order valence-corrected chi connectivity index (χ0v) is 17.3. The highest BCUT2D eigenvalue weighted by Crippen LogP contribution is 2.46. The number of sulfonamides is 1. The summed E-state index contributed by atoms with van der Waals surface area (Å²) in [6.07, 6.45) is 1.49. The van der Waals surface area contributed by atoms with Crippen LogP contribution >= 0.6 is 15.9 Å². The third-order valence-electron chi connectivity index (χ3n) is 4.38. The number of carbonyl (C=O) groups is 1. The molecule has 0 saturated heterocycles. The molecule has 0 aliphatic heterocycles. The van der Waals surface area contributed by atoms with E-state index in [-0.39, 0.29) is 16.5 Å². The summed E-state index contributed by atoms with van der Waals surface area (Å²) in [6, 6.07) is 10.5. The van der Waals surface area contributed by atoms with Crippen molar-refractivity contribution in [3.8, 4) is 0 Å². The summed E-state index contributed by atoms with van der Waals surface area (Å²) in [5.41, 5.74) is 0.115. The number of hydrogen-bond acceptors (Lipinski definition) is 3. The van der Waals surface area contributed by atoms with E-state index in [9.17, 15) is 17.6 Å². The van der Waals surface area contributed by atoms with Gasteiger partial charge in [-0.3, -0.25) is 4.79 Å². The van der Waals surface area contributed by atoms with Crippen LogP contribution in [0.5, 0.6) is 0 Å². The molecule has 5 nitrogen and oxygen atoms in total. The van der Waals surface area contributed by atoms with E-state index in [0.29, 0.717) is 0 Å². The SMILES string of the molecule is CC(C)NS(=O)(=O)c1ccc(F)c(C(=O)NC2(c3ccc(Br)cc3)CC2)c1. The molecule has 0 aromatic heterocycles. The molecule has 1 aliphatic rings. The van der Waals surface area contributed by atoms with Gasteiger partial charge in [-0.05, 0) is 62.6 Å². The first kappa shape index (κ1) is 20.0. The van der Waals surface area contributed by atoms with Gasteiger partial charge in [0.2, 0.25) is 10.0 Å². The second-order valence-electron chi connectivity index (χ2n) is 6.96. The summed E-state index contributed by atoms with van der Waals surface area (Å²) < 4.78 is 42.2. The molecular weight excluding hydrogens is 435 g/mol. The van der Waals surface area contributed by atoms with Gasteiger partial charge in [-0.15, -0.1) is 0 Å². The Hall–Kier alpha value is -1.77. The highest BCUT2D eigenvalue weighted by atomic mass is 79.9. The van der Waals surface area contributed by atoms with Crippen molar-refractivity contribution < 1.29 is 17.6 Å². The predicted octanol–water partition coefficient (Wildman–Crippen LogP) is 3.69. The molecule has 144 valence electrons. The number of hydrogen-bond donors (Lipinski definition) is 2. The number of carbonyl (C=O) groups excluding carboxylic acids is 1. The molecule has 0 radical (unpaired) electrons.